The molecule has 2 aliphatic carbocycles. The summed E-state index contributed by atoms with van der Waals surface area (Å²) in [7, 11) is 1.82. The van der Waals surface area contributed by atoms with Crippen LogP contribution in [-0.4, -0.2) is 19.2 Å². The third kappa shape index (κ3) is 2.61. The van der Waals surface area contributed by atoms with Crippen molar-refractivity contribution in [1.29, 1.82) is 0 Å². The van der Waals surface area contributed by atoms with Gasteiger partial charge in [0.25, 0.3) is 0 Å². The fraction of sp³-hybridized carbons (Fsp3) is 0.800. The normalized spacial score (nSPS) is 36.3. The summed E-state index contributed by atoms with van der Waals surface area (Å²) >= 11 is 0. The second kappa shape index (κ2) is 5.43. The molecule has 1 saturated carbocycles. The molecule has 1 fully saturated rings. The van der Waals surface area contributed by atoms with Crippen LogP contribution in [0.5, 0.6) is 0 Å². The minimum absolute atomic E-state index is 0.203. The topological polar surface area (TPSA) is 35.5 Å². The van der Waals surface area contributed by atoms with Gasteiger partial charge in [0.2, 0.25) is 0 Å². The van der Waals surface area contributed by atoms with Gasteiger partial charge < -0.3 is 9.47 Å². The van der Waals surface area contributed by atoms with Crippen LogP contribution in [0.1, 0.15) is 52.4 Å². The average molecular weight is 252 g/mol. The molecule has 0 spiro atoms. The molecule has 0 bridgehead atoms. The van der Waals surface area contributed by atoms with Gasteiger partial charge in [-0.15, -0.1) is 0 Å². The predicted octanol–water partition coefficient (Wildman–Crippen LogP) is 3.44. The molecular weight excluding hydrogens is 228 g/mol. The van der Waals surface area contributed by atoms with Gasteiger partial charge in [0.15, 0.2) is 0 Å². The minimum Gasteiger partial charge on any atom is -0.432 e. The van der Waals surface area contributed by atoms with E-state index in [4.69, 9.17) is 9.47 Å². The summed E-state index contributed by atoms with van der Waals surface area (Å²) in [6.07, 6.45) is 9.23. The van der Waals surface area contributed by atoms with Gasteiger partial charge >= 0.3 is 5.97 Å². The van der Waals surface area contributed by atoms with E-state index in [1.807, 2.05) is 7.11 Å². The lowest BCUT2D eigenvalue weighted by Gasteiger charge is -2.43. The molecule has 0 heterocycles. The summed E-state index contributed by atoms with van der Waals surface area (Å²) in [5.74, 6) is 1.14. The van der Waals surface area contributed by atoms with Gasteiger partial charge in [-0.2, -0.15) is 0 Å². The lowest BCUT2D eigenvalue weighted by molar-refractivity contribution is -0.137. The molecule has 3 heteroatoms. The van der Waals surface area contributed by atoms with Crippen LogP contribution in [0.4, 0.5) is 0 Å². The van der Waals surface area contributed by atoms with Gasteiger partial charge in [-0.05, 0) is 31.3 Å². The van der Waals surface area contributed by atoms with Gasteiger partial charge in [-0.3, -0.25) is 4.79 Å². The third-order valence-corrected chi connectivity index (χ3v) is 4.67. The van der Waals surface area contributed by atoms with Crippen LogP contribution in [0.15, 0.2) is 11.8 Å². The quantitative estimate of drug-likeness (QED) is 0.706. The van der Waals surface area contributed by atoms with Crippen LogP contribution in [-0.2, 0) is 14.3 Å². The van der Waals surface area contributed by atoms with E-state index < -0.39 is 0 Å². The first kappa shape index (κ1) is 13.6. The first-order valence-electron chi connectivity index (χ1n) is 6.98. The highest BCUT2D eigenvalue weighted by Crippen LogP contribution is 2.49. The number of hydrogen-bond donors (Lipinski definition) is 0. The van der Waals surface area contributed by atoms with E-state index in [-0.39, 0.29) is 11.4 Å². The number of rotatable bonds is 2. The Kier molecular flexibility index (Phi) is 4.10. The monoisotopic (exact) mass is 252 g/mol. The van der Waals surface area contributed by atoms with Crippen LogP contribution in [0.2, 0.25) is 0 Å². The molecule has 0 radical (unpaired) electrons. The van der Waals surface area contributed by atoms with Crippen molar-refractivity contribution >= 4 is 5.97 Å². The Morgan fingerprint density at radius 3 is 2.78 bits per heavy atom. The zero-order valence-electron chi connectivity index (χ0n) is 11.7. The number of hydrogen-bond acceptors (Lipinski definition) is 3. The van der Waals surface area contributed by atoms with E-state index in [2.05, 4.69) is 13.0 Å². The molecule has 0 aromatic heterocycles. The first-order chi connectivity index (χ1) is 8.56. The largest absolute Gasteiger partial charge is 0.432 e. The summed E-state index contributed by atoms with van der Waals surface area (Å²) in [4.78, 5) is 11.1. The number of fused-ring (bicyclic) bond motifs is 1. The van der Waals surface area contributed by atoms with E-state index in [1.165, 1.54) is 26.2 Å². The molecule has 2 aliphatic rings. The second-order valence-electron chi connectivity index (χ2n) is 5.85. The molecule has 0 amide bonds. The number of methoxy groups -OCH3 is 1. The number of carbonyl (C=O) groups is 1. The Morgan fingerprint density at radius 2 is 2.11 bits per heavy atom. The first-order valence-corrected chi connectivity index (χ1v) is 6.98. The molecular formula is C15H24O3. The van der Waals surface area contributed by atoms with E-state index >= 15 is 0 Å². The van der Waals surface area contributed by atoms with Crippen molar-refractivity contribution in [2.75, 3.05) is 7.11 Å². The summed E-state index contributed by atoms with van der Waals surface area (Å²) in [5, 5.41) is 0. The standard InChI is InChI=1S/C15H24O3/c1-11(16)18-13-8-9-15(2)12(10-13)6-4-5-7-14(15)17-3/h10,12,14H,4-9H2,1-3H3/t12-,14+,15+/m1/s1. The molecule has 3 atom stereocenters. The Bertz CT molecular complexity index is 348. The highest BCUT2D eigenvalue weighted by Gasteiger charge is 2.44. The Hall–Kier alpha value is -0.830. The fourth-order valence-electron chi connectivity index (χ4n) is 3.57. The van der Waals surface area contributed by atoms with E-state index in [9.17, 15) is 4.79 Å². The molecule has 0 aliphatic heterocycles. The highest BCUT2D eigenvalue weighted by atomic mass is 16.5. The zero-order chi connectivity index (χ0) is 13.2. The van der Waals surface area contributed by atoms with Crippen LogP contribution in [0.3, 0.4) is 0 Å². The summed E-state index contributed by atoms with van der Waals surface area (Å²) in [6, 6.07) is 0. The maximum absolute atomic E-state index is 11.1. The molecule has 0 aromatic carbocycles. The fourth-order valence-corrected chi connectivity index (χ4v) is 3.57. The summed E-state index contributed by atoms with van der Waals surface area (Å²) in [5.41, 5.74) is 0.203. The number of carbonyl (C=O) groups excluding carboxylic acids is 1. The molecule has 102 valence electrons. The van der Waals surface area contributed by atoms with Crippen LogP contribution in [0.25, 0.3) is 0 Å². The summed E-state index contributed by atoms with van der Waals surface area (Å²) in [6.45, 7) is 3.80. The van der Waals surface area contributed by atoms with Crippen LogP contribution >= 0.6 is 0 Å². The molecule has 0 N–H and O–H groups in total. The van der Waals surface area contributed by atoms with Gasteiger partial charge in [0.1, 0.15) is 5.76 Å². The van der Waals surface area contributed by atoms with Crippen LogP contribution < -0.4 is 0 Å². The lowest BCUT2D eigenvalue weighted by Crippen LogP contribution is -2.40. The molecule has 0 aromatic rings. The molecule has 3 nitrogen and oxygen atoms in total. The van der Waals surface area contributed by atoms with Gasteiger partial charge in [-0.1, -0.05) is 19.8 Å². The summed E-state index contributed by atoms with van der Waals surface area (Å²) < 4.78 is 11.0. The molecule has 0 saturated heterocycles. The Morgan fingerprint density at radius 1 is 1.39 bits per heavy atom. The Balaban J connectivity index is 2.20. The van der Waals surface area contributed by atoms with Gasteiger partial charge in [0.05, 0.1) is 6.10 Å². The molecule has 2 rings (SSSR count). The van der Waals surface area contributed by atoms with Crippen molar-refractivity contribution in [3.63, 3.8) is 0 Å². The second-order valence-corrected chi connectivity index (χ2v) is 5.85. The van der Waals surface area contributed by atoms with Crippen molar-refractivity contribution in [2.24, 2.45) is 11.3 Å². The predicted molar refractivity (Wildman–Crippen MR) is 69.9 cm³/mol. The SMILES string of the molecule is CO[C@H]1CCCC[C@@H]2C=C(OC(C)=O)CC[C@]12C. The average Bonchev–Trinajstić information content (AvgIpc) is 2.47. The maximum Gasteiger partial charge on any atom is 0.307 e. The van der Waals surface area contributed by atoms with E-state index in [1.54, 1.807) is 0 Å². The lowest BCUT2D eigenvalue weighted by atomic mass is 9.66. The van der Waals surface area contributed by atoms with Crippen molar-refractivity contribution in [1.82, 2.24) is 0 Å². The van der Waals surface area contributed by atoms with Crippen molar-refractivity contribution < 1.29 is 14.3 Å². The number of allylic oxidation sites excluding steroid dienone is 2. The highest BCUT2D eigenvalue weighted by molar-refractivity contribution is 5.67. The number of ether oxygens (including phenoxy) is 2. The molecule has 18 heavy (non-hydrogen) atoms. The van der Waals surface area contributed by atoms with Crippen molar-refractivity contribution in [3.05, 3.63) is 11.8 Å². The Labute approximate surface area is 110 Å². The zero-order valence-corrected chi connectivity index (χ0v) is 11.7. The van der Waals surface area contributed by atoms with Crippen molar-refractivity contribution in [3.8, 4) is 0 Å². The number of esters is 1. The van der Waals surface area contributed by atoms with Crippen molar-refractivity contribution in [2.45, 2.75) is 58.5 Å². The van der Waals surface area contributed by atoms with Crippen LogP contribution in [0, 0.1) is 11.3 Å². The minimum atomic E-state index is -0.207. The van der Waals surface area contributed by atoms with E-state index in [0.29, 0.717) is 12.0 Å². The third-order valence-electron chi connectivity index (χ3n) is 4.67. The van der Waals surface area contributed by atoms with E-state index in [0.717, 1.165) is 25.0 Å². The van der Waals surface area contributed by atoms with Gasteiger partial charge in [-0.25, -0.2) is 0 Å². The van der Waals surface area contributed by atoms with Gasteiger partial charge in [0, 0.05) is 25.9 Å². The maximum atomic E-state index is 11.1. The smallest absolute Gasteiger partial charge is 0.307 e. The molecule has 0 unspecified atom stereocenters.